The monoisotopic (exact) mass is 314 g/mol. The third-order valence-corrected chi connectivity index (χ3v) is 4.25. The van der Waals surface area contributed by atoms with Gasteiger partial charge in [-0.25, -0.2) is 4.98 Å². The molecule has 3 rings (SSSR count). The average molecular weight is 314 g/mol. The quantitative estimate of drug-likeness (QED) is 0.890. The van der Waals surface area contributed by atoms with Crippen LogP contribution in [0.2, 0.25) is 0 Å². The van der Waals surface area contributed by atoms with E-state index in [0.717, 1.165) is 31.2 Å². The standard InChI is InChI=1S/C18H22N2O3/c21-15-9-5-4-8-14(15)20-17(22)10-11-18-19-12-16(23-18)13-6-2-1-3-7-13/h1-3,6-7,12,14-15,21H,4-5,8-11H2,(H,20,22). The van der Waals surface area contributed by atoms with Crippen LogP contribution in [-0.2, 0) is 11.2 Å². The van der Waals surface area contributed by atoms with Crippen molar-refractivity contribution in [1.29, 1.82) is 0 Å². The lowest BCUT2D eigenvalue weighted by Crippen LogP contribution is -2.45. The lowest BCUT2D eigenvalue weighted by molar-refractivity contribution is -0.123. The van der Waals surface area contributed by atoms with Gasteiger partial charge in [0.15, 0.2) is 11.7 Å². The molecule has 0 radical (unpaired) electrons. The molecule has 1 fully saturated rings. The molecule has 0 saturated heterocycles. The Morgan fingerprint density at radius 2 is 2.04 bits per heavy atom. The van der Waals surface area contributed by atoms with Gasteiger partial charge in [0.25, 0.3) is 0 Å². The number of aryl methyl sites for hydroxylation is 1. The van der Waals surface area contributed by atoms with Gasteiger partial charge in [0, 0.05) is 18.4 Å². The maximum absolute atomic E-state index is 12.0. The van der Waals surface area contributed by atoms with Gasteiger partial charge in [-0.05, 0) is 12.8 Å². The van der Waals surface area contributed by atoms with Crippen LogP contribution >= 0.6 is 0 Å². The molecule has 122 valence electrons. The third-order valence-electron chi connectivity index (χ3n) is 4.25. The minimum Gasteiger partial charge on any atom is -0.441 e. The first-order chi connectivity index (χ1) is 11.2. The molecule has 5 nitrogen and oxygen atoms in total. The van der Waals surface area contributed by atoms with Crippen LogP contribution in [-0.4, -0.2) is 28.1 Å². The van der Waals surface area contributed by atoms with Crippen molar-refractivity contribution in [1.82, 2.24) is 10.3 Å². The molecular weight excluding hydrogens is 292 g/mol. The molecule has 5 heteroatoms. The van der Waals surface area contributed by atoms with Gasteiger partial charge < -0.3 is 14.8 Å². The summed E-state index contributed by atoms with van der Waals surface area (Å²) in [5.74, 6) is 1.21. The zero-order valence-corrected chi connectivity index (χ0v) is 13.1. The molecule has 2 unspecified atom stereocenters. The van der Waals surface area contributed by atoms with Crippen LogP contribution in [0, 0.1) is 0 Å². The predicted octanol–water partition coefficient (Wildman–Crippen LogP) is 2.69. The van der Waals surface area contributed by atoms with Crippen LogP contribution in [0.1, 0.15) is 38.0 Å². The van der Waals surface area contributed by atoms with Crippen molar-refractivity contribution >= 4 is 5.91 Å². The second-order valence-corrected chi connectivity index (χ2v) is 6.01. The summed E-state index contributed by atoms with van der Waals surface area (Å²) < 4.78 is 5.69. The maximum Gasteiger partial charge on any atom is 0.220 e. The van der Waals surface area contributed by atoms with Crippen molar-refractivity contribution in [3.63, 3.8) is 0 Å². The number of oxazole rings is 1. The van der Waals surface area contributed by atoms with Gasteiger partial charge in [-0.3, -0.25) is 4.79 Å². The number of hydrogen-bond donors (Lipinski definition) is 2. The third kappa shape index (κ3) is 4.20. The van der Waals surface area contributed by atoms with E-state index in [-0.39, 0.29) is 11.9 Å². The number of carbonyl (C=O) groups is 1. The fourth-order valence-corrected chi connectivity index (χ4v) is 2.94. The minimum atomic E-state index is -0.417. The zero-order valence-electron chi connectivity index (χ0n) is 13.1. The largest absolute Gasteiger partial charge is 0.441 e. The van der Waals surface area contributed by atoms with Crippen molar-refractivity contribution in [3.8, 4) is 11.3 Å². The predicted molar refractivity (Wildman–Crippen MR) is 86.7 cm³/mol. The Morgan fingerprint density at radius 1 is 1.26 bits per heavy atom. The molecule has 1 aromatic carbocycles. The lowest BCUT2D eigenvalue weighted by atomic mass is 9.92. The van der Waals surface area contributed by atoms with E-state index in [1.807, 2.05) is 30.3 Å². The van der Waals surface area contributed by atoms with Crippen LogP contribution in [0.15, 0.2) is 40.9 Å². The first kappa shape index (κ1) is 15.7. The number of benzene rings is 1. The highest BCUT2D eigenvalue weighted by Crippen LogP contribution is 2.21. The van der Waals surface area contributed by atoms with E-state index in [1.54, 1.807) is 6.20 Å². The fraction of sp³-hybridized carbons (Fsp3) is 0.444. The molecule has 1 aliphatic rings. The number of hydrogen-bond acceptors (Lipinski definition) is 4. The van der Waals surface area contributed by atoms with E-state index in [1.165, 1.54) is 0 Å². The maximum atomic E-state index is 12.0. The second-order valence-electron chi connectivity index (χ2n) is 6.01. The Hall–Kier alpha value is -2.14. The highest BCUT2D eigenvalue weighted by molar-refractivity contribution is 5.76. The van der Waals surface area contributed by atoms with E-state index in [2.05, 4.69) is 10.3 Å². The minimum absolute atomic E-state index is 0.0598. The smallest absolute Gasteiger partial charge is 0.220 e. The first-order valence-corrected chi connectivity index (χ1v) is 8.20. The van der Waals surface area contributed by atoms with Crippen molar-refractivity contribution in [3.05, 3.63) is 42.4 Å². The average Bonchev–Trinajstić information content (AvgIpc) is 3.05. The molecule has 2 atom stereocenters. The van der Waals surface area contributed by atoms with Crippen molar-refractivity contribution in [2.45, 2.75) is 50.7 Å². The van der Waals surface area contributed by atoms with Gasteiger partial charge in [-0.1, -0.05) is 43.2 Å². The summed E-state index contributed by atoms with van der Waals surface area (Å²) in [6, 6.07) is 9.65. The van der Waals surface area contributed by atoms with Crippen molar-refractivity contribution < 1.29 is 14.3 Å². The van der Waals surface area contributed by atoms with Gasteiger partial charge in [0.2, 0.25) is 5.91 Å². The molecule has 0 aliphatic heterocycles. The van der Waals surface area contributed by atoms with Gasteiger partial charge in [-0.15, -0.1) is 0 Å². The summed E-state index contributed by atoms with van der Waals surface area (Å²) in [5, 5.41) is 12.8. The molecule has 1 amide bonds. The van der Waals surface area contributed by atoms with E-state index >= 15 is 0 Å². The number of nitrogens with one attached hydrogen (secondary N) is 1. The molecule has 1 heterocycles. The summed E-state index contributed by atoms with van der Waals surface area (Å²) >= 11 is 0. The summed E-state index contributed by atoms with van der Waals surface area (Å²) in [6.07, 6.45) is 5.76. The van der Waals surface area contributed by atoms with E-state index in [0.29, 0.717) is 24.5 Å². The van der Waals surface area contributed by atoms with E-state index < -0.39 is 6.10 Å². The number of rotatable bonds is 5. The number of aliphatic hydroxyl groups is 1. The fourth-order valence-electron chi connectivity index (χ4n) is 2.94. The normalized spacial score (nSPS) is 21.1. The molecule has 23 heavy (non-hydrogen) atoms. The van der Waals surface area contributed by atoms with Gasteiger partial charge in [0.05, 0.1) is 18.3 Å². The zero-order chi connectivity index (χ0) is 16.1. The van der Waals surface area contributed by atoms with Crippen LogP contribution in [0.4, 0.5) is 0 Å². The lowest BCUT2D eigenvalue weighted by Gasteiger charge is -2.28. The first-order valence-electron chi connectivity index (χ1n) is 8.20. The molecule has 0 spiro atoms. The number of nitrogens with zero attached hydrogens (tertiary/aromatic N) is 1. The Balaban J connectivity index is 1.50. The van der Waals surface area contributed by atoms with Crippen LogP contribution in [0.5, 0.6) is 0 Å². The highest BCUT2D eigenvalue weighted by Gasteiger charge is 2.24. The van der Waals surface area contributed by atoms with Gasteiger partial charge in [-0.2, -0.15) is 0 Å². The number of carbonyl (C=O) groups excluding carboxylic acids is 1. The van der Waals surface area contributed by atoms with E-state index in [4.69, 9.17) is 4.42 Å². The number of aromatic nitrogens is 1. The highest BCUT2D eigenvalue weighted by atomic mass is 16.4. The SMILES string of the molecule is O=C(CCc1ncc(-c2ccccc2)o1)NC1CCCCC1O. The Labute approximate surface area is 135 Å². The number of aliphatic hydroxyl groups excluding tert-OH is 1. The van der Waals surface area contributed by atoms with Crippen molar-refractivity contribution in [2.24, 2.45) is 0 Å². The molecule has 0 bridgehead atoms. The summed E-state index contributed by atoms with van der Waals surface area (Å²) in [6.45, 7) is 0. The van der Waals surface area contributed by atoms with Crippen LogP contribution in [0.3, 0.4) is 0 Å². The molecule has 2 N–H and O–H groups in total. The summed E-state index contributed by atoms with van der Waals surface area (Å²) in [4.78, 5) is 16.2. The summed E-state index contributed by atoms with van der Waals surface area (Å²) in [7, 11) is 0. The second kappa shape index (κ2) is 7.42. The molecule has 1 aliphatic carbocycles. The van der Waals surface area contributed by atoms with Crippen LogP contribution in [0.25, 0.3) is 11.3 Å². The molecule has 1 saturated carbocycles. The Kier molecular flexibility index (Phi) is 5.08. The summed E-state index contributed by atoms with van der Waals surface area (Å²) in [5.41, 5.74) is 0.973. The molecule has 1 aromatic heterocycles. The number of amides is 1. The topological polar surface area (TPSA) is 75.4 Å². The van der Waals surface area contributed by atoms with Crippen molar-refractivity contribution in [2.75, 3.05) is 0 Å². The van der Waals surface area contributed by atoms with E-state index in [9.17, 15) is 9.90 Å². The Morgan fingerprint density at radius 3 is 2.83 bits per heavy atom. The Bertz CT molecular complexity index is 639. The molecular formula is C18H22N2O3. The van der Waals surface area contributed by atoms with Crippen LogP contribution < -0.4 is 5.32 Å². The van der Waals surface area contributed by atoms with Gasteiger partial charge in [0.1, 0.15) is 0 Å². The molecule has 2 aromatic rings. The van der Waals surface area contributed by atoms with Gasteiger partial charge >= 0.3 is 0 Å².